The smallest absolute Gasteiger partial charge is 0.234 e. The minimum Gasteiger partial charge on any atom is -0.483 e. The van der Waals surface area contributed by atoms with Crippen molar-refractivity contribution in [3.63, 3.8) is 0 Å². The Hall–Kier alpha value is -2.48. The van der Waals surface area contributed by atoms with E-state index >= 15 is 0 Å². The number of halogens is 2. The summed E-state index contributed by atoms with van der Waals surface area (Å²) in [5.41, 5.74) is 1.76. The number of nitrogens with one attached hydrogen (secondary N) is 1. The van der Waals surface area contributed by atoms with E-state index in [2.05, 4.69) is 48.1 Å². The standard InChI is InChI=1S/C24H26Cl2N4O2S/c1-5-12-30-23(16(4)32-19-9-6-17(7-10-19)15(2)3)28-29-24(30)33-14-22(31)27-21-11-8-18(25)13-20(21)26/h5-11,13,15-16H,1,12,14H2,2-4H3,(H,27,31). The van der Waals surface area contributed by atoms with Gasteiger partial charge in [0.15, 0.2) is 17.1 Å². The van der Waals surface area contributed by atoms with Gasteiger partial charge in [-0.1, -0.05) is 67.0 Å². The van der Waals surface area contributed by atoms with Crippen LogP contribution in [-0.2, 0) is 11.3 Å². The van der Waals surface area contributed by atoms with E-state index in [0.717, 1.165) is 5.75 Å². The number of carbonyl (C=O) groups is 1. The van der Waals surface area contributed by atoms with Crippen molar-refractivity contribution < 1.29 is 9.53 Å². The minimum atomic E-state index is -0.335. The van der Waals surface area contributed by atoms with Gasteiger partial charge in [0.2, 0.25) is 5.91 Å². The molecule has 1 aromatic heterocycles. The summed E-state index contributed by atoms with van der Waals surface area (Å²) >= 11 is 13.3. The Morgan fingerprint density at radius 1 is 1.18 bits per heavy atom. The quantitative estimate of drug-likeness (QED) is 0.243. The topological polar surface area (TPSA) is 69.0 Å². The molecule has 3 aromatic rings. The van der Waals surface area contributed by atoms with E-state index in [4.69, 9.17) is 27.9 Å². The lowest BCUT2D eigenvalue weighted by Crippen LogP contribution is -2.15. The molecule has 174 valence electrons. The van der Waals surface area contributed by atoms with Gasteiger partial charge in [-0.25, -0.2) is 0 Å². The van der Waals surface area contributed by atoms with E-state index in [1.807, 2.05) is 23.6 Å². The van der Waals surface area contributed by atoms with Crippen LogP contribution in [-0.4, -0.2) is 26.4 Å². The normalized spacial score (nSPS) is 11.9. The molecule has 33 heavy (non-hydrogen) atoms. The first-order chi connectivity index (χ1) is 15.8. The number of carbonyl (C=O) groups excluding carboxylic acids is 1. The molecule has 0 bridgehead atoms. The van der Waals surface area contributed by atoms with Crippen LogP contribution in [0.1, 0.15) is 44.2 Å². The number of benzene rings is 2. The summed E-state index contributed by atoms with van der Waals surface area (Å²) in [4.78, 5) is 12.4. The number of allylic oxidation sites excluding steroid dienone is 1. The van der Waals surface area contributed by atoms with Crippen molar-refractivity contribution >= 4 is 46.6 Å². The van der Waals surface area contributed by atoms with E-state index in [9.17, 15) is 4.79 Å². The molecule has 0 fully saturated rings. The number of amides is 1. The van der Waals surface area contributed by atoms with Gasteiger partial charge in [-0.2, -0.15) is 0 Å². The van der Waals surface area contributed by atoms with Crippen LogP contribution in [0.25, 0.3) is 0 Å². The molecular formula is C24H26Cl2N4O2S. The molecule has 6 nitrogen and oxygen atoms in total. The van der Waals surface area contributed by atoms with E-state index < -0.39 is 0 Å². The molecule has 3 rings (SSSR count). The van der Waals surface area contributed by atoms with Gasteiger partial charge in [-0.3, -0.25) is 9.36 Å². The first-order valence-electron chi connectivity index (χ1n) is 10.5. The second kappa shape index (κ2) is 11.6. The van der Waals surface area contributed by atoms with Crippen LogP contribution in [0.4, 0.5) is 5.69 Å². The molecule has 0 saturated carbocycles. The highest BCUT2D eigenvalue weighted by atomic mass is 35.5. The lowest BCUT2D eigenvalue weighted by atomic mass is 10.0. The zero-order valence-electron chi connectivity index (χ0n) is 18.7. The summed E-state index contributed by atoms with van der Waals surface area (Å²) in [5.74, 6) is 1.80. The van der Waals surface area contributed by atoms with Gasteiger partial charge in [0.25, 0.3) is 0 Å². The predicted molar refractivity (Wildman–Crippen MR) is 136 cm³/mol. The molecule has 1 unspecified atom stereocenters. The number of aromatic nitrogens is 3. The van der Waals surface area contributed by atoms with Crippen LogP contribution in [0, 0.1) is 0 Å². The Morgan fingerprint density at radius 2 is 1.91 bits per heavy atom. The monoisotopic (exact) mass is 504 g/mol. The van der Waals surface area contributed by atoms with Crippen molar-refractivity contribution in [1.82, 2.24) is 14.8 Å². The molecule has 0 spiro atoms. The lowest BCUT2D eigenvalue weighted by molar-refractivity contribution is -0.113. The number of anilines is 1. The van der Waals surface area contributed by atoms with Gasteiger partial charge in [-0.05, 0) is 48.7 Å². The second-order valence-electron chi connectivity index (χ2n) is 7.68. The molecule has 0 aliphatic carbocycles. The highest BCUT2D eigenvalue weighted by Crippen LogP contribution is 2.28. The van der Waals surface area contributed by atoms with Crippen LogP contribution < -0.4 is 10.1 Å². The Bertz CT molecular complexity index is 1120. The SMILES string of the molecule is C=CCn1c(SCC(=O)Nc2ccc(Cl)cc2Cl)nnc1C(C)Oc1ccc(C(C)C)cc1. The third kappa shape index (κ3) is 6.76. The molecule has 0 aliphatic rings. The lowest BCUT2D eigenvalue weighted by Gasteiger charge is -2.16. The summed E-state index contributed by atoms with van der Waals surface area (Å²) in [6, 6.07) is 13.0. The molecular weight excluding hydrogens is 479 g/mol. The van der Waals surface area contributed by atoms with Gasteiger partial charge < -0.3 is 10.1 Å². The fourth-order valence-corrected chi connectivity index (χ4v) is 4.31. The molecule has 0 aliphatic heterocycles. The third-order valence-electron chi connectivity index (χ3n) is 4.82. The van der Waals surface area contributed by atoms with Crippen LogP contribution in [0.2, 0.25) is 10.0 Å². The number of ether oxygens (including phenoxy) is 1. The first kappa shape index (κ1) is 25.1. The van der Waals surface area contributed by atoms with Gasteiger partial charge in [0.1, 0.15) is 5.75 Å². The van der Waals surface area contributed by atoms with E-state index in [0.29, 0.717) is 39.2 Å². The first-order valence-corrected chi connectivity index (χ1v) is 12.2. The maximum absolute atomic E-state index is 12.4. The summed E-state index contributed by atoms with van der Waals surface area (Å²) in [6.07, 6.45) is 1.42. The van der Waals surface area contributed by atoms with Crippen molar-refractivity contribution in [3.8, 4) is 5.75 Å². The highest BCUT2D eigenvalue weighted by molar-refractivity contribution is 7.99. The van der Waals surface area contributed by atoms with E-state index in [1.54, 1.807) is 24.3 Å². The molecule has 2 aromatic carbocycles. The van der Waals surface area contributed by atoms with Gasteiger partial charge in [0, 0.05) is 11.6 Å². The van der Waals surface area contributed by atoms with Gasteiger partial charge in [0.05, 0.1) is 16.5 Å². The van der Waals surface area contributed by atoms with E-state index in [-0.39, 0.29) is 17.8 Å². The maximum atomic E-state index is 12.4. The Labute approximate surface area is 208 Å². The minimum absolute atomic E-state index is 0.139. The maximum Gasteiger partial charge on any atom is 0.234 e. The Morgan fingerprint density at radius 3 is 2.55 bits per heavy atom. The number of rotatable bonds is 10. The van der Waals surface area contributed by atoms with Crippen molar-refractivity contribution in [2.45, 2.75) is 44.5 Å². The van der Waals surface area contributed by atoms with Crippen molar-refractivity contribution in [2.24, 2.45) is 0 Å². The molecule has 9 heteroatoms. The number of thioether (sulfide) groups is 1. The van der Waals surface area contributed by atoms with Crippen molar-refractivity contribution in [2.75, 3.05) is 11.1 Å². The van der Waals surface area contributed by atoms with E-state index in [1.165, 1.54) is 17.3 Å². The average molecular weight is 505 g/mol. The molecule has 0 radical (unpaired) electrons. The fourth-order valence-electron chi connectivity index (χ4n) is 3.10. The summed E-state index contributed by atoms with van der Waals surface area (Å²) in [6.45, 7) is 10.5. The second-order valence-corrected chi connectivity index (χ2v) is 9.47. The molecule has 1 amide bonds. The number of hydrogen-bond acceptors (Lipinski definition) is 5. The zero-order valence-corrected chi connectivity index (χ0v) is 21.0. The molecule has 0 saturated heterocycles. The molecule has 1 N–H and O–H groups in total. The summed E-state index contributed by atoms with van der Waals surface area (Å²) in [7, 11) is 0. The Kier molecular flexibility index (Phi) is 8.83. The van der Waals surface area contributed by atoms with Crippen LogP contribution >= 0.6 is 35.0 Å². The molecule has 1 atom stereocenters. The largest absolute Gasteiger partial charge is 0.483 e. The number of hydrogen-bond donors (Lipinski definition) is 1. The van der Waals surface area contributed by atoms with Crippen LogP contribution in [0.3, 0.4) is 0 Å². The average Bonchev–Trinajstić information content (AvgIpc) is 3.17. The Balaban J connectivity index is 1.66. The summed E-state index contributed by atoms with van der Waals surface area (Å²) in [5, 5.41) is 12.9. The zero-order chi connectivity index (χ0) is 24.0. The fraction of sp³-hybridized carbons (Fsp3) is 0.292. The predicted octanol–water partition coefficient (Wildman–Crippen LogP) is 6.77. The highest BCUT2D eigenvalue weighted by Gasteiger charge is 2.20. The van der Waals surface area contributed by atoms with Gasteiger partial charge in [-0.15, -0.1) is 16.8 Å². The summed E-state index contributed by atoms with van der Waals surface area (Å²) < 4.78 is 7.99. The van der Waals surface area contributed by atoms with Gasteiger partial charge >= 0.3 is 0 Å². The number of nitrogens with zero attached hydrogens (tertiary/aromatic N) is 3. The van der Waals surface area contributed by atoms with Crippen molar-refractivity contribution in [1.29, 1.82) is 0 Å². The third-order valence-corrected chi connectivity index (χ3v) is 6.33. The van der Waals surface area contributed by atoms with Crippen LogP contribution in [0.15, 0.2) is 60.3 Å². The molecule has 1 heterocycles. The van der Waals surface area contributed by atoms with Crippen molar-refractivity contribution in [3.05, 3.63) is 76.6 Å². The van der Waals surface area contributed by atoms with Crippen LogP contribution in [0.5, 0.6) is 5.75 Å².